The van der Waals surface area contributed by atoms with Crippen LogP contribution < -0.4 is 0 Å². The fourth-order valence-corrected chi connectivity index (χ4v) is 2.85. The molecule has 1 aliphatic rings. The maximum atomic E-state index is 10.8. The van der Waals surface area contributed by atoms with Crippen molar-refractivity contribution in [2.24, 2.45) is 11.3 Å². The molecule has 0 amide bonds. The SMILES string of the molecule is C=C1CCCC(C)(C)[C@@H]1CC/C(C=O)=C\C=O. The molecule has 0 aromatic heterocycles. The molecule has 0 unspecified atom stereocenters. The van der Waals surface area contributed by atoms with E-state index in [0.717, 1.165) is 19.1 Å². The zero-order valence-corrected chi connectivity index (χ0v) is 10.9. The summed E-state index contributed by atoms with van der Waals surface area (Å²) in [5.74, 6) is 0.464. The van der Waals surface area contributed by atoms with Gasteiger partial charge in [-0.1, -0.05) is 26.0 Å². The molecule has 2 nitrogen and oxygen atoms in total. The third-order valence-corrected chi connectivity index (χ3v) is 3.91. The second-order valence-corrected chi connectivity index (χ2v) is 5.59. The lowest BCUT2D eigenvalue weighted by Crippen LogP contribution is -2.29. The first-order chi connectivity index (χ1) is 8.01. The maximum Gasteiger partial charge on any atom is 0.146 e. The average molecular weight is 234 g/mol. The van der Waals surface area contributed by atoms with Crippen molar-refractivity contribution in [2.75, 3.05) is 0 Å². The van der Waals surface area contributed by atoms with Crippen molar-refractivity contribution in [3.05, 3.63) is 23.8 Å². The molecule has 0 saturated heterocycles. The molecule has 0 aromatic rings. The highest BCUT2D eigenvalue weighted by atomic mass is 16.1. The number of aldehydes is 2. The summed E-state index contributed by atoms with van der Waals surface area (Å²) >= 11 is 0. The van der Waals surface area contributed by atoms with E-state index in [2.05, 4.69) is 20.4 Å². The van der Waals surface area contributed by atoms with Gasteiger partial charge in [-0.05, 0) is 55.1 Å². The van der Waals surface area contributed by atoms with Gasteiger partial charge >= 0.3 is 0 Å². The van der Waals surface area contributed by atoms with Gasteiger partial charge in [0.1, 0.15) is 12.6 Å². The Morgan fingerprint density at radius 1 is 1.47 bits per heavy atom. The summed E-state index contributed by atoms with van der Waals surface area (Å²) in [6, 6.07) is 0. The van der Waals surface area contributed by atoms with Crippen LogP contribution in [-0.4, -0.2) is 12.6 Å². The normalized spacial score (nSPS) is 24.5. The Bertz CT molecular complexity index is 337. The summed E-state index contributed by atoms with van der Waals surface area (Å²) in [6.07, 6.45) is 7.96. The highest BCUT2D eigenvalue weighted by molar-refractivity contribution is 5.81. The lowest BCUT2D eigenvalue weighted by Gasteiger charge is -2.40. The lowest BCUT2D eigenvalue weighted by atomic mass is 9.65. The average Bonchev–Trinajstić information content (AvgIpc) is 2.26. The lowest BCUT2D eigenvalue weighted by molar-refractivity contribution is -0.106. The summed E-state index contributed by atoms with van der Waals surface area (Å²) in [4.78, 5) is 21.1. The van der Waals surface area contributed by atoms with Crippen LogP contribution in [-0.2, 0) is 9.59 Å². The van der Waals surface area contributed by atoms with Gasteiger partial charge in [0.2, 0.25) is 0 Å². The largest absolute Gasteiger partial charge is 0.299 e. The van der Waals surface area contributed by atoms with Crippen molar-refractivity contribution >= 4 is 12.6 Å². The van der Waals surface area contributed by atoms with Gasteiger partial charge in [-0.15, -0.1) is 0 Å². The maximum absolute atomic E-state index is 10.8. The molecule has 0 N–H and O–H groups in total. The Hall–Kier alpha value is -1.18. The first-order valence-electron chi connectivity index (χ1n) is 6.28. The first-order valence-corrected chi connectivity index (χ1v) is 6.28. The zero-order valence-electron chi connectivity index (χ0n) is 10.9. The highest BCUT2D eigenvalue weighted by Crippen LogP contribution is 2.45. The van der Waals surface area contributed by atoms with Gasteiger partial charge in [0, 0.05) is 0 Å². The molecule has 1 fully saturated rings. The quantitative estimate of drug-likeness (QED) is 0.414. The third-order valence-electron chi connectivity index (χ3n) is 3.91. The van der Waals surface area contributed by atoms with Crippen LogP contribution in [0, 0.1) is 11.3 Å². The smallest absolute Gasteiger partial charge is 0.146 e. The highest BCUT2D eigenvalue weighted by Gasteiger charge is 2.33. The number of carbonyl (C=O) groups excluding carboxylic acids is 2. The van der Waals surface area contributed by atoms with Gasteiger partial charge in [0.15, 0.2) is 0 Å². The van der Waals surface area contributed by atoms with Crippen LogP contribution in [0.15, 0.2) is 23.8 Å². The molecule has 1 atom stereocenters. The van der Waals surface area contributed by atoms with Crippen molar-refractivity contribution in [3.63, 3.8) is 0 Å². The monoisotopic (exact) mass is 234 g/mol. The summed E-state index contributed by atoms with van der Waals surface area (Å²) in [6.45, 7) is 8.70. The molecule has 0 spiro atoms. The molecule has 1 rings (SSSR count). The second-order valence-electron chi connectivity index (χ2n) is 5.59. The molecule has 0 aromatic carbocycles. The molecule has 0 heterocycles. The van der Waals surface area contributed by atoms with Gasteiger partial charge in [-0.25, -0.2) is 0 Å². The summed E-state index contributed by atoms with van der Waals surface area (Å²) in [5, 5.41) is 0. The number of hydrogen-bond acceptors (Lipinski definition) is 2. The third kappa shape index (κ3) is 3.65. The summed E-state index contributed by atoms with van der Waals surface area (Å²) in [7, 11) is 0. The molecular formula is C15H22O2. The molecule has 17 heavy (non-hydrogen) atoms. The summed E-state index contributed by atoms with van der Waals surface area (Å²) in [5.41, 5.74) is 2.16. The van der Waals surface area contributed by atoms with Crippen LogP contribution in [0.4, 0.5) is 0 Å². The Kier molecular flexibility index (Phi) is 4.86. The van der Waals surface area contributed by atoms with Crippen LogP contribution in [0.5, 0.6) is 0 Å². The van der Waals surface area contributed by atoms with E-state index in [0.29, 0.717) is 24.2 Å². The first kappa shape index (κ1) is 13.9. The molecule has 1 saturated carbocycles. The van der Waals surface area contributed by atoms with Crippen molar-refractivity contribution in [2.45, 2.75) is 46.0 Å². The predicted octanol–water partition coefficient (Wildman–Crippen LogP) is 3.47. The number of hydrogen-bond donors (Lipinski definition) is 0. The molecule has 2 heteroatoms. The standard InChI is InChI=1S/C15H22O2/c1-12-5-4-9-15(2,3)14(12)7-6-13(11-17)8-10-16/h8,10-11,14H,1,4-7,9H2,2-3H3/b13-8+/t14-/m1/s1. The molecule has 1 aliphatic carbocycles. The van der Waals surface area contributed by atoms with Crippen LogP contribution in [0.3, 0.4) is 0 Å². The van der Waals surface area contributed by atoms with Crippen LogP contribution in [0.25, 0.3) is 0 Å². The van der Waals surface area contributed by atoms with Crippen LogP contribution in [0.1, 0.15) is 46.0 Å². The van der Waals surface area contributed by atoms with E-state index >= 15 is 0 Å². The topological polar surface area (TPSA) is 34.1 Å². The Morgan fingerprint density at radius 3 is 2.71 bits per heavy atom. The minimum Gasteiger partial charge on any atom is -0.299 e. The van der Waals surface area contributed by atoms with Gasteiger partial charge < -0.3 is 0 Å². The van der Waals surface area contributed by atoms with Crippen molar-refractivity contribution in [1.29, 1.82) is 0 Å². The molecular weight excluding hydrogens is 212 g/mol. The van der Waals surface area contributed by atoms with Crippen LogP contribution >= 0.6 is 0 Å². The predicted molar refractivity (Wildman–Crippen MR) is 69.7 cm³/mol. The Morgan fingerprint density at radius 2 is 2.18 bits per heavy atom. The minimum absolute atomic E-state index is 0.268. The fraction of sp³-hybridized carbons (Fsp3) is 0.600. The molecule has 0 radical (unpaired) electrons. The molecule has 0 aliphatic heterocycles. The van der Waals surface area contributed by atoms with E-state index < -0.39 is 0 Å². The van der Waals surface area contributed by atoms with Gasteiger partial charge in [-0.2, -0.15) is 0 Å². The number of rotatable bonds is 5. The van der Waals surface area contributed by atoms with E-state index in [1.54, 1.807) is 0 Å². The van der Waals surface area contributed by atoms with Gasteiger partial charge in [-0.3, -0.25) is 9.59 Å². The number of allylic oxidation sites excluding steroid dienone is 3. The number of carbonyl (C=O) groups is 2. The van der Waals surface area contributed by atoms with Crippen LogP contribution in [0.2, 0.25) is 0 Å². The van der Waals surface area contributed by atoms with Crippen molar-refractivity contribution < 1.29 is 9.59 Å². The van der Waals surface area contributed by atoms with E-state index in [9.17, 15) is 9.59 Å². The van der Waals surface area contributed by atoms with Gasteiger partial charge in [0.05, 0.1) is 0 Å². The molecule has 94 valence electrons. The second kappa shape index (κ2) is 5.95. The summed E-state index contributed by atoms with van der Waals surface area (Å²) < 4.78 is 0. The van der Waals surface area contributed by atoms with Gasteiger partial charge in [0.25, 0.3) is 0 Å². The minimum atomic E-state index is 0.268. The van der Waals surface area contributed by atoms with E-state index in [4.69, 9.17) is 0 Å². The van der Waals surface area contributed by atoms with Crippen molar-refractivity contribution in [1.82, 2.24) is 0 Å². The van der Waals surface area contributed by atoms with Crippen molar-refractivity contribution in [3.8, 4) is 0 Å². The zero-order chi connectivity index (χ0) is 12.9. The van der Waals surface area contributed by atoms with E-state index in [1.165, 1.54) is 24.5 Å². The Labute approximate surface area is 104 Å². The van der Waals surface area contributed by atoms with E-state index in [-0.39, 0.29) is 5.41 Å². The van der Waals surface area contributed by atoms with E-state index in [1.807, 2.05) is 0 Å². The molecule has 0 bridgehead atoms. The Balaban J connectivity index is 2.65. The fourth-order valence-electron chi connectivity index (χ4n) is 2.85.